The third-order valence-corrected chi connectivity index (χ3v) is 5.40. The number of hydrogen-bond acceptors (Lipinski definition) is 4. The monoisotopic (exact) mass is 346 g/mol. The first kappa shape index (κ1) is 18.2. The van der Waals surface area contributed by atoms with Crippen molar-refractivity contribution in [2.45, 2.75) is 38.3 Å². The molecule has 0 aliphatic carbocycles. The first-order valence-electron chi connectivity index (χ1n) is 9.45. The molecule has 2 saturated heterocycles. The van der Waals surface area contributed by atoms with Gasteiger partial charge in [0.15, 0.2) is 0 Å². The molecule has 1 aromatic carbocycles. The first-order valence-corrected chi connectivity index (χ1v) is 9.45. The Morgan fingerprint density at radius 2 is 1.88 bits per heavy atom. The van der Waals surface area contributed by atoms with Gasteiger partial charge in [-0.3, -0.25) is 4.90 Å². The minimum atomic E-state index is -0.182. The van der Waals surface area contributed by atoms with Gasteiger partial charge in [0.05, 0.1) is 6.61 Å². The molecule has 0 radical (unpaired) electrons. The van der Waals surface area contributed by atoms with Crippen LogP contribution in [0.5, 0.6) is 0 Å². The number of hydrogen-bond donors (Lipinski definition) is 0. The zero-order valence-electron chi connectivity index (χ0n) is 15.2. The molecule has 2 heterocycles. The van der Waals surface area contributed by atoms with E-state index < -0.39 is 0 Å². The SMILES string of the molecule is COCC1CCCN(C2CCN(C(=O)OCc3ccccc3)CC2)C1. The zero-order valence-corrected chi connectivity index (χ0v) is 15.2. The van der Waals surface area contributed by atoms with Crippen molar-refractivity contribution in [1.29, 1.82) is 0 Å². The number of likely N-dealkylation sites (tertiary alicyclic amines) is 2. The number of carbonyl (C=O) groups is 1. The fourth-order valence-corrected chi connectivity index (χ4v) is 4.02. The number of nitrogens with zero attached hydrogens (tertiary/aromatic N) is 2. The van der Waals surface area contributed by atoms with E-state index in [1.54, 1.807) is 7.11 Å². The molecule has 5 heteroatoms. The lowest BCUT2D eigenvalue weighted by atomic mass is 9.94. The predicted molar refractivity (Wildman–Crippen MR) is 97.4 cm³/mol. The Hall–Kier alpha value is -1.59. The molecule has 138 valence electrons. The van der Waals surface area contributed by atoms with Crippen LogP contribution in [0.15, 0.2) is 30.3 Å². The number of methoxy groups -OCH3 is 1. The molecule has 2 aliphatic rings. The molecule has 0 N–H and O–H groups in total. The summed E-state index contributed by atoms with van der Waals surface area (Å²) >= 11 is 0. The third-order valence-electron chi connectivity index (χ3n) is 5.40. The van der Waals surface area contributed by atoms with Crippen LogP contribution in [-0.2, 0) is 16.1 Å². The summed E-state index contributed by atoms with van der Waals surface area (Å²) in [5.41, 5.74) is 1.03. The Kier molecular flexibility index (Phi) is 6.70. The lowest BCUT2D eigenvalue weighted by molar-refractivity contribution is 0.0372. The average molecular weight is 346 g/mol. The van der Waals surface area contributed by atoms with Crippen molar-refractivity contribution in [3.8, 4) is 0 Å². The highest BCUT2D eigenvalue weighted by Crippen LogP contribution is 2.24. The number of rotatable bonds is 5. The maximum absolute atomic E-state index is 12.3. The third kappa shape index (κ3) is 5.19. The van der Waals surface area contributed by atoms with Crippen molar-refractivity contribution in [3.63, 3.8) is 0 Å². The van der Waals surface area contributed by atoms with E-state index in [0.29, 0.717) is 18.6 Å². The second-order valence-corrected chi connectivity index (χ2v) is 7.22. The summed E-state index contributed by atoms with van der Waals surface area (Å²) in [7, 11) is 1.79. The van der Waals surface area contributed by atoms with Crippen LogP contribution in [0.25, 0.3) is 0 Å². The molecular formula is C20H30N2O3. The minimum absolute atomic E-state index is 0.182. The van der Waals surface area contributed by atoms with Gasteiger partial charge in [0, 0.05) is 32.8 Å². The van der Waals surface area contributed by atoms with E-state index in [9.17, 15) is 4.79 Å². The molecule has 1 unspecified atom stereocenters. The van der Waals surface area contributed by atoms with Crippen molar-refractivity contribution in [1.82, 2.24) is 9.80 Å². The molecule has 0 saturated carbocycles. The van der Waals surface area contributed by atoms with Gasteiger partial charge in [-0.1, -0.05) is 30.3 Å². The largest absolute Gasteiger partial charge is 0.445 e. The van der Waals surface area contributed by atoms with Gasteiger partial charge in [-0.2, -0.15) is 0 Å². The van der Waals surface area contributed by atoms with E-state index >= 15 is 0 Å². The zero-order chi connectivity index (χ0) is 17.5. The Morgan fingerprint density at radius 3 is 2.60 bits per heavy atom. The number of benzene rings is 1. The van der Waals surface area contributed by atoms with Crippen molar-refractivity contribution in [3.05, 3.63) is 35.9 Å². The Labute approximate surface area is 150 Å². The van der Waals surface area contributed by atoms with Crippen LogP contribution in [0.3, 0.4) is 0 Å². The fraction of sp³-hybridized carbons (Fsp3) is 0.650. The normalized spacial score (nSPS) is 22.8. The summed E-state index contributed by atoms with van der Waals surface area (Å²) in [6.45, 7) is 5.12. The highest BCUT2D eigenvalue weighted by Gasteiger charge is 2.30. The molecule has 5 nitrogen and oxygen atoms in total. The Bertz CT molecular complexity index is 527. The van der Waals surface area contributed by atoms with E-state index in [0.717, 1.165) is 44.6 Å². The number of ether oxygens (including phenoxy) is 2. The first-order chi connectivity index (χ1) is 12.3. The molecule has 3 rings (SSSR count). The van der Waals surface area contributed by atoms with Crippen LogP contribution in [0.1, 0.15) is 31.2 Å². The van der Waals surface area contributed by atoms with Gasteiger partial charge in [0.2, 0.25) is 0 Å². The maximum Gasteiger partial charge on any atom is 0.410 e. The Balaban J connectivity index is 1.41. The number of carbonyl (C=O) groups excluding carboxylic acids is 1. The summed E-state index contributed by atoms with van der Waals surface area (Å²) in [5, 5.41) is 0. The maximum atomic E-state index is 12.3. The molecule has 25 heavy (non-hydrogen) atoms. The van der Waals surface area contributed by atoms with Crippen LogP contribution in [-0.4, -0.2) is 61.8 Å². The molecule has 0 aromatic heterocycles. The van der Waals surface area contributed by atoms with E-state index in [1.807, 2.05) is 35.2 Å². The van der Waals surface area contributed by atoms with Crippen LogP contribution < -0.4 is 0 Å². The van der Waals surface area contributed by atoms with Gasteiger partial charge in [-0.15, -0.1) is 0 Å². The van der Waals surface area contributed by atoms with E-state index in [-0.39, 0.29) is 6.09 Å². The molecule has 0 bridgehead atoms. The topological polar surface area (TPSA) is 42.0 Å². The summed E-state index contributed by atoms with van der Waals surface area (Å²) in [5.74, 6) is 0.660. The van der Waals surface area contributed by atoms with Crippen LogP contribution in [0.2, 0.25) is 0 Å². The van der Waals surface area contributed by atoms with Crippen molar-refractivity contribution >= 4 is 6.09 Å². The van der Waals surface area contributed by atoms with Gasteiger partial charge < -0.3 is 14.4 Å². The fourth-order valence-electron chi connectivity index (χ4n) is 4.02. The number of piperidine rings is 2. The molecule has 1 atom stereocenters. The van der Waals surface area contributed by atoms with Gasteiger partial charge in [0.25, 0.3) is 0 Å². The second-order valence-electron chi connectivity index (χ2n) is 7.22. The van der Waals surface area contributed by atoms with Gasteiger partial charge in [0.1, 0.15) is 6.61 Å². The second kappa shape index (κ2) is 9.20. The summed E-state index contributed by atoms with van der Waals surface area (Å²) in [4.78, 5) is 16.7. The standard InChI is InChI=1S/C20H30N2O3/c1-24-15-18-8-5-11-22(14-18)19-9-12-21(13-10-19)20(23)25-16-17-6-3-2-4-7-17/h2-4,6-7,18-19H,5,8-16H2,1H3. The van der Waals surface area contributed by atoms with Gasteiger partial charge in [-0.05, 0) is 43.7 Å². The van der Waals surface area contributed by atoms with Crippen molar-refractivity contribution in [2.75, 3.05) is 39.9 Å². The highest BCUT2D eigenvalue weighted by atomic mass is 16.6. The van der Waals surface area contributed by atoms with Gasteiger partial charge in [-0.25, -0.2) is 4.79 Å². The van der Waals surface area contributed by atoms with Crippen molar-refractivity contribution < 1.29 is 14.3 Å². The van der Waals surface area contributed by atoms with E-state index in [1.165, 1.54) is 19.4 Å². The van der Waals surface area contributed by atoms with Gasteiger partial charge >= 0.3 is 6.09 Å². The quantitative estimate of drug-likeness (QED) is 0.821. The molecule has 2 aliphatic heterocycles. The molecular weight excluding hydrogens is 316 g/mol. The summed E-state index contributed by atoms with van der Waals surface area (Å²) < 4.78 is 10.8. The average Bonchev–Trinajstić information content (AvgIpc) is 2.67. The number of amides is 1. The van der Waals surface area contributed by atoms with Crippen LogP contribution in [0, 0.1) is 5.92 Å². The Morgan fingerprint density at radius 1 is 1.12 bits per heavy atom. The van der Waals surface area contributed by atoms with Crippen LogP contribution in [0.4, 0.5) is 4.79 Å². The van der Waals surface area contributed by atoms with Crippen LogP contribution >= 0.6 is 0 Å². The summed E-state index contributed by atoms with van der Waals surface area (Å²) in [6, 6.07) is 10.4. The smallest absolute Gasteiger partial charge is 0.410 e. The molecule has 2 fully saturated rings. The lowest BCUT2D eigenvalue weighted by Crippen LogP contribution is -2.50. The minimum Gasteiger partial charge on any atom is -0.445 e. The molecule has 1 aromatic rings. The van der Waals surface area contributed by atoms with Crippen molar-refractivity contribution in [2.24, 2.45) is 5.92 Å². The molecule has 1 amide bonds. The van der Waals surface area contributed by atoms with E-state index in [4.69, 9.17) is 9.47 Å². The van der Waals surface area contributed by atoms with E-state index in [2.05, 4.69) is 4.90 Å². The predicted octanol–water partition coefficient (Wildman–Crippen LogP) is 3.15. The molecule has 0 spiro atoms. The summed E-state index contributed by atoms with van der Waals surface area (Å²) in [6.07, 6.45) is 4.43. The highest BCUT2D eigenvalue weighted by molar-refractivity contribution is 5.67. The lowest BCUT2D eigenvalue weighted by Gasteiger charge is -2.42.